The second-order valence-electron chi connectivity index (χ2n) is 16.3. The van der Waals surface area contributed by atoms with Crippen LogP contribution >= 0.6 is 35.2 Å². The van der Waals surface area contributed by atoms with E-state index >= 15 is 0 Å². The number of carbonyl (C=O) groups excluding carboxylic acids is 3. The van der Waals surface area contributed by atoms with Crippen LogP contribution in [-0.4, -0.2) is 123 Å². The average Bonchev–Trinajstić information content (AvgIpc) is 3.79. The van der Waals surface area contributed by atoms with Crippen molar-refractivity contribution in [3.8, 4) is 0 Å². The highest BCUT2D eigenvalue weighted by atomic mass is 32.2. The van der Waals surface area contributed by atoms with Gasteiger partial charge in [0.1, 0.15) is 36.3 Å². The first-order valence-corrected chi connectivity index (χ1v) is 27.1. The van der Waals surface area contributed by atoms with Crippen molar-refractivity contribution in [2.45, 2.75) is 148 Å². The van der Waals surface area contributed by atoms with Crippen molar-refractivity contribution in [3.63, 3.8) is 0 Å². The Morgan fingerprint density at radius 3 is 2.09 bits per heavy atom. The highest BCUT2D eigenvalue weighted by Crippen LogP contribution is 2.61. The number of aliphatic hydroxyl groups excluding tert-OH is 2. The van der Waals surface area contributed by atoms with Crippen LogP contribution in [0.3, 0.4) is 0 Å². The van der Waals surface area contributed by atoms with Gasteiger partial charge in [-0.15, -0.1) is 0 Å². The van der Waals surface area contributed by atoms with Crippen LogP contribution < -0.4 is 16.4 Å². The third kappa shape index (κ3) is 20.8. The lowest BCUT2D eigenvalue weighted by Crippen LogP contribution is -2.46. The number of nitrogens with one attached hydrogen (secondary N) is 2. The minimum absolute atomic E-state index is 0.0338. The van der Waals surface area contributed by atoms with Crippen molar-refractivity contribution >= 4 is 69.1 Å². The number of phosphoric ester groups is 3. The number of hydrogen-bond acceptors (Lipinski definition) is 18. The maximum absolute atomic E-state index is 12.7. The molecule has 1 aliphatic rings. The molecule has 3 heterocycles. The van der Waals surface area contributed by atoms with Gasteiger partial charge < -0.3 is 50.9 Å². The van der Waals surface area contributed by atoms with Gasteiger partial charge in [-0.1, -0.05) is 110 Å². The molecule has 3 rings (SSSR count). The number of rotatable bonds is 33. The quantitative estimate of drug-likeness (QED) is 0.0358. The van der Waals surface area contributed by atoms with Crippen LogP contribution in [0.15, 0.2) is 12.7 Å². The Kier molecular flexibility index (Phi) is 24.1. The summed E-state index contributed by atoms with van der Waals surface area (Å²) >= 11 is 1.15. The van der Waals surface area contributed by atoms with E-state index in [1.807, 2.05) is 0 Å². The molecule has 2 aromatic heterocycles. The van der Waals surface area contributed by atoms with Crippen LogP contribution in [0.1, 0.15) is 123 Å². The van der Waals surface area contributed by atoms with E-state index in [9.17, 15) is 57.9 Å². The lowest BCUT2D eigenvalue weighted by atomic mass is 9.87. The summed E-state index contributed by atoms with van der Waals surface area (Å²) in [6.45, 7) is 2.81. The molecule has 7 atom stereocenters. The van der Waals surface area contributed by atoms with Gasteiger partial charge in [-0.2, -0.15) is 4.31 Å². The molecule has 24 nitrogen and oxygen atoms in total. The normalized spacial score (nSPS) is 20.3. The Morgan fingerprint density at radius 1 is 0.877 bits per heavy atom. The van der Waals surface area contributed by atoms with E-state index in [1.165, 1.54) is 78.1 Å². The summed E-state index contributed by atoms with van der Waals surface area (Å²) in [4.78, 5) is 88.3. The zero-order valence-corrected chi connectivity index (χ0v) is 40.5. The molecule has 10 N–H and O–H groups in total. The van der Waals surface area contributed by atoms with E-state index in [0.29, 0.717) is 12.2 Å². The van der Waals surface area contributed by atoms with Crippen LogP contribution in [0, 0.1) is 5.41 Å². The van der Waals surface area contributed by atoms with Gasteiger partial charge in [-0.05, 0) is 6.42 Å². The molecule has 1 aliphatic heterocycles. The van der Waals surface area contributed by atoms with Crippen LogP contribution in [-0.2, 0) is 50.7 Å². The third-order valence-electron chi connectivity index (χ3n) is 10.2. The first-order chi connectivity index (χ1) is 30.6. The van der Waals surface area contributed by atoms with Crippen molar-refractivity contribution < 1.29 is 80.5 Å². The van der Waals surface area contributed by atoms with Crippen molar-refractivity contribution in [1.82, 2.24) is 30.2 Å². The number of thioether (sulfide) groups is 1. The SMILES string of the molecule is CCCCCCCCCCCCCCCC(=O)SCCNC(=O)CCNC(=O)[C@H](O)C(C)(C)COP(=O)(O)OP(=O)(O)OC[C@H]1O[C@@H](n2cnc3c(N)ncnc32)[C@H](O)[C@@H]1OP(=O)(O)O. The number of unbranched alkanes of at least 4 members (excludes halogenated alkanes) is 12. The monoisotopic (exact) mass is 1010 g/mol. The fourth-order valence-electron chi connectivity index (χ4n) is 6.65. The van der Waals surface area contributed by atoms with Gasteiger partial charge in [0.2, 0.25) is 11.8 Å². The van der Waals surface area contributed by atoms with E-state index in [2.05, 4.69) is 41.3 Å². The maximum atomic E-state index is 12.7. The number of nitrogens with zero attached hydrogens (tertiary/aromatic N) is 4. The van der Waals surface area contributed by atoms with Crippen LogP contribution in [0.2, 0.25) is 0 Å². The number of anilines is 1. The molecule has 0 bridgehead atoms. The summed E-state index contributed by atoms with van der Waals surface area (Å²) in [5, 5.41) is 26.6. The molecule has 1 fully saturated rings. The van der Waals surface area contributed by atoms with Gasteiger partial charge in [0.25, 0.3) is 0 Å². The fourth-order valence-corrected chi connectivity index (χ4v) is 10.2. The molecule has 2 aromatic rings. The largest absolute Gasteiger partial charge is 0.481 e. The van der Waals surface area contributed by atoms with E-state index in [4.69, 9.17) is 19.5 Å². The minimum atomic E-state index is -5.57. The molecule has 1 saturated heterocycles. The second-order valence-corrected chi connectivity index (χ2v) is 21.7. The smallest absolute Gasteiger partial charge is 0.386 e. The number of imidazole rings is 1. The number of aromatic nitrogens is 4. The Morgan fingerprint density at radius 2 is 1.48 bits per heavy atom. The number of hydrogen-bond donors (Lipinski definition) is 9. The molecule has 0 saturated carbocycles. The zero-order valence-electron chi connectivity index (χ0n) is 37.0. The number of fused-ring (bicyclic) bond motifs is 1. The first-order valence-electron chi connectivity index (χ1n) is 21.6. The van der Waals surface area contributed by atoms with Gasteiger partial charge in [0.15, 0.2) is 22.8 Å². The molecule has 0 spiro atoms. The first kappa shape index (κ1) is 56.9. The summed E-state index contributed by atoms with van der Waals surface area (Å²) in [6.07, 6.45) is 9.53. The van der Waals surface area contributed by atoms with E-state index in [1.54, 1.807) is 0 Å². The highest BCUT2D eigenvalue weighted by molar-refractivity contribution is 8.13. The Labute approximate surface area is 382 Å². The molecule has 372 valence electrons. The number of amides is 2. The Balaban J connectivity index is 1.32. The topological polar surface area (TPSA) is 364 Å². The molecule has 2 unspecified atom stereocenters. The van der Waals surface area contributed by atoms with E-state index in [-0.39, 0.29) is 41.6 Å². The van der Waals surface area contributed by atoms with Crippen molar-refractivity contribution in [1.29, 1.82) is 0 Å². The summed E-state index contributed by atoms with van der Waals surface area (Å²) in [6, 6.07) is 0. The second kappa shape index (κ2) is 27.5. The molecule has 65 heavy (non-hydrogen) atoms. The van der Waals surface area contributed by atoms with Crippen LogP contribution in [0.5, 0.6) is 0 Å². The Bertz CT molecular complexity index is 1960. The van der Waals surface area contributed by atoms with Crippen LogP contribution in [0.4, 0.5) is 5.82 Å². The number of aliphatic hydroxyl groups is 2. The van der Waals surface area contributed by atoms with Gasteiger partial charge in [0, 0.05) is 37.1 Å². The molecule has 0 radical (unpaired) electrons. The van der Waals surface area contributed by atoms with Gasteiger partial charge in [-0.25, -0.2) is 28.6 Å². The summed E-state index contributed by atoms with van der Waals surface area (Å²) in [7, 11) is -16.4. The van der Waals surface area contributed by atoms with Crippen molar-refractivity contribution in [3.05, 3.63) is 12.7 Å². The predicted octanol–water partition coefficient (Wildman–Crippen LogP) is 4.15. The number of carbonyl (C=O) groups is 3. The number of nitrogen functional groups attached to an aromatic ring is 1. The predicted molar refractivity (Wildman–Crippen MR) is 237 cm³/mol. The van der Waals surface area contributed by atoms with Gasteiger partial charge >= 0.3 is 23.5 Å². The minimum Gasteiger partial charge on any atom is -0.386 e. The standard InChI is InChI=1S/C37H66N7O17P3S/c1-4-5-6-7-8-9-10-11-12-13-14-15-16-17-28(46)65-21-20-39-27(45)18-19-40-35(49)32(48)37(2,3)23-58-64(55,56)61-63(53,54)57-22-26-31(60-62(50,51)52)30(47)36(59-26)44-25-43-29-33(38)41-24-42-34(29)44/h24-26,30-32,36,47-48H,4-23H2,1-3H3,(H,39,45)(H,40,49)(H,53,54)(H,55,56)(H2,38,41,42)(H2,50,51,52)/t26-,30-,31-,32+,36-/m1/s1. The number of phosphoric acid groups is 3. The fraction of sp³-hybridized carbons (Fsp3) is 0.784. The lowest BCUT2D eigenvalue weighted by Gasteiger charge is -2.30. The molecule has 0 aromatic carbocycles. The van der Waals surface area contributed by atoms with Crippen molar-refractivity contribution in [2.24, 2.45) is 5.41 Å². The highest BCUT2D eigenvalue weighted by Gasteiger charge is 2.50. The summed E-state index contributed by atoms with van der Waals surface area (Å²) < 4.78 is 62.4. The zero-order chi connectivity index (χ0) is 48.3. The molecular formula is C37H66N7O17P3S. The van der Waals surface area contributed by atoms with Gasteiger partial charge in [-0.3, -0.25) is 32.5 Å². The molecular weight excluding hydrogens is 939 g/mol. The lowest BCUT2D eigenvalue weighted by molar-refractivity contribution is -0.137. The molecule has 28 heteroatoms. The van der Waals surface area contributed by atoms with Gasteiger partial charge in [0.05, 0.1) is 19.5 Å². The Hall–Kier alpha value is -2.44. The molecule has 2 amide bonds. The average molecular weight is 1010 g/mol. The van der Waals surface area contributed by atoms with E-state index < -0.39 is 84.6 Å². The number of nitrogens with two attached hydrogens (primary N) is 1. The van der Waals surface area contributed by atoms with Crippen molar-refractivity contribution in [2.75, 3.05) is 37.8 Å². The summed E-state index contributed by atoms with van der Waals surface area (Å²) in [5.41, 5.74) is 4.29. The van der Waals surface area contributed by atoms with E-state index in [0.717, 1.165) is 48.2 Å². The number of ether oxygens (including phenoxy) is 1. The summed E-state index contributed by atoms with van der Waals surface area (Å²) in [5.74, 6) is -1.02. The van der Waals surface area contributed by atoms with Crippen LogP contribution in [0.25, 0.3) is 11.2 Å². The molecule has 0 aliphatic carbocycles. The third-order valence-corrected chi connectivity index (χ3v) is 14.3. The maximum Gasteiger partial charge on any atom is 0.481 e.